The molecule has 0 amide bonds. The molecule has 0 heterocycles. The van der Waals surface area contributed by atoms with Crippen molar-refractivity contribution in [1.82, 2.24) is 0 Å². The molecule has 1 aromatic rings. The number of hydrogen-bond donors (Lipinski definition) is 0. The molecule has 0 aliphatic heterocycles. The summed E-state index contributed by atoms with van der Waals surface area (Å²) in [5, 5.41) is 0.686. The van der Waals surface area contributed by atoms with E-state index in [4.69, 9.17) is 11.6 Å². The summed E-state index contributed by atoms with van der Waals surface area (Å²) < 4.78 is 12.1. The van der Waals surface area contributed by atoms with E-state index in [9.17, 15) is 4.39 Å². The predicted octanol–water partition coefficient (Wildman–Crippen LogP) is 3.05. The first kappa shape index (κ1) is 10.3. The van der Waals surface area contributed by atoms with Crippen molar-refractivity contribution < 1.29 is 4.39 Å². The fraction of sp³-hybridized carbons (Fsp3) is 0.400. The Morgan fingerprint density at radius 1 is 1.46 bits per heavy atom. The van der Waals surface area contributed by atoms with Crippen LogP contribution in [0.15, 0.2) is 18.2 Å². The van der Waals surface area contributed by atoms with Gasteiger partial charge in [-0.15, -0.1) is 0 Å². The van der Waals surface area contributed by atoms with E-state index < -0.39 is 0 Å². The third-order valence-corrected chi connectivity index (χ3v) is 2.24. The molecule has 1 rings (SSSR count). The average Bonchev–Trinajstić information content (AvgIpc) is 2.09. The molecule has 0 aromatic heterocycles. The van der Waals surface area contributed by atoms with Crippen LogP contribution in [-0.2, 0) is 0 Å². The lowest BCUT2D eigenvalue weighted by molar-refractivity contribution is 0.497. The van der Waals surface area contributed by atoms with Gasteiger partial charge in [0.15, 0.2) is 0 Å². The molecule has 0 N–H and O–H groups in total. The van der Waals surface area contributed by atoms with Gasteiger partial charge in [0.2, 0.25) is 0 Å². The Kier molecular flexibility index (Phi) is 3.55. The summed E-state index contributed by atoms with van der Waals surface area (Å²) in [6, 6.07) is 5.63. The third-order valence-electron chi connectivity index (χ3n) is 2.00. The van der Waals surface area contributed by atoms with Gasteiger partial charge in [0.1, 0.15) is 6.67 Å². The second-order valence-corrected chi connectivity index (χ2v) is 3.48. The lowest BCUT2D eigenvalue weighted by Crippen LogP contribution is -2.20. The minimum Gasteiger partial charge on any atom is -0.372 e. The van der Waals surface area contributed by atoms with Gasteiger partial charge >= 0.3 is 0 Å². The van der Waals surface area contributed by atoms with Crippen LogP contribution in [0.1, 0.15) is 5.56 Å². The van der Waals surface area contributed by atoms with E-state index in [0.717, 1.165) is 11.3 Å². The summed E-state index contributed by atoms with van der Waals surface area (Å²) in [7, 11) is 1.86. The van der Waals surface area contributed by atoms with Crippen molar-refractivity contribution in [3.05, 3.63) is 28.8 Å². The highest BCUT2D eigenvalue weighted by Gasteiger charge is 2.04. The molecule has 13 heavy (non-hydrogen) atoms. The summed E-state index contributed by atoms with van der Waals surface area (Å²) in [5.41, 5.74) is 2.10. The zero-order valence-corrected chi connectivity index (χ0v) is 8.61. The first-order chi connectivity index (χ1) is 6.15. The standard InChI is InChI=1S/C10H13ClFN/c1-8-3-4-9(11)7-10(8)13(2)6-5-12/h3-4,7H,5-6H2,1-2H3. The van der Waals surface area contributed by atoms with Crippen molar-refractivity contribution in [2.45, 2.75) is 6.92 Å². The lowest BCUT2D eigenvalue weighted by atomic mass is 10.2. The maximum Gasteiger partial charge on any atom is 0.107 e. The quantitative estimate of drug-likeness (QED) is 0.727. The van der Waals surface area contributed by atoms with Gasteiger partial charge in [-0.2, -0.15) is 0 Å². The summed E-state index contributed by atoms with van der Waals surface area (Å²) in [5.74, 6) is 0. The molecule has 1 aromatic carbocycles. The van der Waals surface area contributed by atoms with Crippen LogP contribution in [0.2, 0.25) is 5.02 Å². The Morgan fingerprint density at radius 3 is 2.77 bits per heavy atom. The SMILES string of the molecule is Cc1ccc(Cl)cc1N(C)CCF. The van der Waals surface area contributed by atoms with Gasteiger partial charge in [0.05, 0.1) is 0 Å². The molecule has 0 saturated carbocycles. The van der Waals surface area contributed by atoms with Crippen LogP contribution >= 0.6 is 11.6 Å². The van der Waals surface area contributed by atoms with Crippen molar-refractivity contribution in [3.63, 3.8) is 0 Å². The van der Waals surface area contributed by atoms with Crippen molar-refractivity contribution in [2.24, 2.45) is 0 Å². The number of halogens is 2. The van der Waals surface area contributed by atoms with Crippen LogP contribution in [0.3, 0.4) is 0 Å². The van der Waals surface area contributed by atoms with Crippen LogP contribution in [0.4, 0.5) is 10.1 Å². The van der Waals surface area contributed by atoms with Crippen molar-refractivity contribution >= 4 is 17.3 Å². The average molecular weight is 202 g/mol. The summed E-state index contributed by atoms with van der Waals surface area (Å²) in [6.45, 7) is 2.05. The Bertz CT molecular complexity index is 288. The minimum absolute atomic E-state index is 0.345. The first-order valence-electron chi connectivity index (χ1n) is 4.18. The summed E-state index contributed by atoms with van der Waals surface area (Å²) in [4.78, 5) is 1.86. The summed E-state index contributed by atoms with van der Waals surface area (Å²) >= 11 is 5.84. The van der Waals surface area contributed by atoms with Crippen LogP contribution in [0, 0.1) is 6.92 Å². The lowest BCUT2D eigenvalue weighted by Gasteiger charge is -2.19. The minimum atomic E-state index is -0.345. The number of anilines is 1. The molecule has 72 valence electrons. The Hall–Kier alpha value is -0.760. The molecule has 0 aliphatic carbocycles. The highest BCUT2D eigenvalue weighted by Crippen LogP contribution is 2.22. The summed E-state index contributed by atoms with van der Waals surface area (Å²) in [6.07, 6.45) is 0. The molecule has 0 fully saturated rings. The van der Waals surface area contributed by atoms with Crippen molar-refractivity contribution in [1.29, 1.82) is 0 Å². The monoisotopic (exact) mass is 201 g/mol. The number of hydrogen-bond acceptors (Lipinski definition) is 1. The third kappa shape index (κ3) is 2.59. The van der Waals surface area contributed by atoms with Gasteiger partial charge in [-0.25, -0.2) is 4.39 Å². The van der Waals surface area contributed by atoms with Crippen LogP contribution in [-0.4, -0.2) is 20.3 Å². The van der Waals surface area contributed by atoms with E-state index in [1.165, 1.54) is 0 Å². The fourth-order valence-electron chi connectivity index (χ4n) is 1.24. The predicted molar refractivity (Wildman–Crippen MR) is 55.4 cm³/mol. The first-order valence-corrected chi connectivity index (χ1v) is 4.56. The largest absolute Gasteiger partial charge is 0.372 e. The Balaban J connectivity index is 2.91. The normalized spacial score (nSPS) is 10.2. The van der Waals surface area contributed by atoms with E-state index in [1.807, 2.05) is 37.1 Å². The van der Waals surface area contributed by atoms with E-state index >= 15 is 0 Å². The second kappa shape index (κ2) is 4.47. The number of aryl methyl sites for hydroxylation is 1. The molecule has 0 spiro atoms. The number of rotatable bonds is 3. The van der Waals surface area contributed by atoms with E-state index in [-0.39, 0.29) is 6.67 Å². The smallest absolute Gasteiger partial charge is 0.107 e. The Morgan fingerprint density at radius 2 is 2.15 bits per heavy atom. The van der Waals surface area contributed by atoms with Gasteiger partial charge in [-0.3, -0.25) is 0 Å². The second-order valence-electron chi connectivity index (χ2n) is 3.04. The molecule has 0 atom stereocenters. The molecule has 0 unspecified atom stereocenters. The molecule has 0 radical (unpaired) electrons. The number of benzene rings is 1. The maximum atomic E-state index is 12.1. The van der Waals surface area contributed by atoms with Crippen LogP contribution in [0.25, 0.3) is 0 Å². The van der Waals surface area contributed by atoms with Crippen molar-refractivity contribution in [2.75, 3.05) is 25.2 Å². The van der Waals surface area contributed by atoms with Gasteiger partial charge < -0.3 is 4.90 Å². The number of alkyl halides is 1. The maximum absolute atomic E-state index is 12.1. The highest BCUT2D eigenvalue weighted by molar-refractivity contribution is 6.30. The van der Waals surface area contributed by atoms with Crippen LogP contribution in [0.5, 0.6) is 0 Å². The van der Waals surface area contributed by atoms with E-state index in [0.29, 0.717) is 11.6 Å². The molecule has 1 nitrogen and oxygen atoms in total. The molecule has 0 bridgehead atoms. The van der Waals surface area contributed by atoms with Gasteiger partial charge in [-0.1, -0.05) is 17.7 Å². The fourth-order valence-corrected chi connectivity index (χ4v) is 1.41. The van der Waals surface area contributed by atoms with E-state index in [2.05, 4.69) is 0 Å². The van der Waals surface area contributed by atoms with Crippen molar-refractivity contribution in [3.8, 4) is 0 Å². The molecule has 3 heteroatoms. The molecule has 0 aliphatic rings. The number of nitrogens with zero attached hydrogens (tertiary/aromatic N) is 1. The highest BCUT2D eigenvalue weighted by atomic mass is 35.5. The van der Waals surface area contributed by atoms with Gasteiger partial charge in [-0.05, 0) is 24.6 Å². The van der Waals surface area contributed by atoms with E-state index in [1.54, 1.807) is 0 Å². The molecule has 0 saturated heterocycles. The van der Waals surface area contributed by atoms with Crippen LogP contribution < -0.4 is 4.90 Å². The van der Waals surface area contributed by atoms with Gasteiger partial charge in [0.25, 0.3) is 0 Å². The zero-order valence-electron chi connectivity index (χ0n) is 7.85. The molecular weight excluding hydrogens is 189 g/mol. The van der Waals surface area contributed by atoms with Gasteiger partial charge in [0, 0.05) is 24.3 Å². The molecular formula is C10H13ClFN. The topological polar surface area (TPSA) is 3.24 Å². The Labute approximate surface area is 83.1 Å². The zero-order chi connectivity index (χ0) is 9.84.